The minimum absolute atomic E-state index is 0.00761. The number of likely N-dealkylation sites (tertiary alicyclic amines) is 1. The lowest BCUT2D eigenvalue weighted by atomic mass is 9.94. The molecule has 5 heterocycles. The van der Waals surface area contributed by atoms with Crippen LogP contribution in [0.4, 0.5) is 0 Å². The van der Waals surface area contributed by atoms with E-state index in [4.69, 9.17) is 19.2 Å². The quantitative estimate of drug-likeness (QED) is 0.297. The summed E-state index contributed by atoms with van der Waals surface area (Å²) in [5, 5.41) is 3.06. The second-order valence-electron chi connectivity index (χ2n) is 17.0. The number of amides is 4. The van der Waals surface area contributed by atoms with E-state index >= 15 is 0 Å². The molecule has 2 bridgehead atoms. The van der Waals surface area contributed by atoms with Gasteiger partial charge in [-0.3, -0.25) is 23.9 Å². The number of carbonyl (C=O) groups excluding carboxylic acids is 4. The number of morpholine rings is 1. The molecule has 2 saturated carbocycles. The van der Waals surface area contributed by atoms with Crippen LogP contribution in [-0.4, -0.2) is 109 Å². The molecule has 2 aliphatic carbocycles. The number of allylic oxidation sites excluding steroid dienone is 1. The van der Waals surface area contributed by atoms with E-state index in [0.717, 1.165) is 43.1 Å². The van der Waals surface area contributed by atoms with E-state index < -0.39 is 56.6 Å². The molecule has 1 aromatic heterocycles. The molecular weight excluding hydrogens is 775 g/mol. The molecule has 14 nitrogen and oxygen atoms in total. The van der Waals surface area contributed by atoms with Crippen molar-refractivity contribution >= 4 is 44.6 Å². The molecule has 4 aliphatic heterocycles. The lowest BCUT2D eigenvalue weighted by Gasteiger charge is -2.31. The van der Waals surface area contributed by atoms with Crippen molar-refractivity contribution in [2.45, 2.75) is 106 Å². The van der Waals surface area contributed by atoms with E-state index in [1.54, 1.807) is 7.11 Å². The van der Waals surface area contributed by atoms with Gasteiger partial charge in [0.05, 0.1) is 48.9 Å². The summed E-state index contributed by atoms with van der Waals surface area (Å²) in [5.41, 5.74) is 0.704. The molecule has 0 radical (unpaired) electrons. The fourth-order valence-corrected chi connectivity index (χ4v) is 10.7. The highest BCUT2D eigenvalue weighted by Gasteiger charge is 2.62. The van der Waals surface area contributed by atoms with Gasteiger partial charge in [0.25, 0.3) is 5.91 Å². The summed E-state index contributed by atoms with van der Waals surface area (Å²) in [4.78, 5) is 65.6. The maximum Gasteiger partial charge on any atom is 0.259 e. The largest absolute Gasteiger partial charge is 0.497 e. The standard InChI is InChI=1S/C44H51N5O9S/c1-56-31-14-17-35-37(20-31)45-36(27-10-7-5-8-11-27)22-39(35)58-33-21-38-41(51)46-44(43(53)47-59(54,55)34-15-16-34)23-29(44)13-9-4-2-3-6-12-28(42(52)49(38)25-33)18-40(50)48-24-32-19-30(48)26-57-32/h5,7-11,13-14,17,20,22,28-30,32-34,38H,2-4,6,12,15-16,18-19,21,23-26H2,1H3,(H,46,51)(H,47,53)/b13-9-/t28-,29+,30?,32?,33-,38+,44-/m1/s1. The second kappa shape index (κ2) is 15.9. The third-order valence-electron chi connectivity index (χ3n) is 12.9. The Hall–Kier alpha value is -5.02. The molecule has 2 unspecified atom stereocenters. The highest BCUT2D eigenvalue weighted by molar-refractivity contribution is 7.91. The van der Waals surface area contributed by atoms with Gasteiger partial charge in [-0.25, -0.2) is 13.4 Å². The van der Waals surface area contributed by atoms with Crippen LogP contribution in [0.5, 0.6) is 11.5 Å². The van der Waals surface area contributed by atoms with Gasteiger partial charge in [-0.05, 0) is 57.1 Å². The van der Waals surface area contributed by atoms with Crippen LogP contribution >= 0.6 is 0 Å². The smallest absolute Gasteiger partial charge is 0.259 e. The zero-order valence-electron chi connectivity index (χ0n) is 33.2. The molecule has 7 atom stereocenters. The van der Waals surface area contributed by atoms with E-state index in [0.29, 0.717) is 55.1 Å². The first-order valence-corrected chi connectivity index (χ1v) is 22.5. The summed E-state index contributed by atoms with van der Waals surface area (Å²) in [6.45, 7) is 1.07. The molecule has 15 heteroatoms. The Kier molecular flexibility index (Phi) is 10.6. The Bertz CT molecular complexity index is 2280. The number of methoxy groups -OCH3 is 1. The monoisotopic (exact) mass is 825 g/mol. The Morgan fingerprint density at radius 2 is 1.85 bits per heavy atom. The molecule has 312 valence electrons. The number of hydrogen-bond donors (Lipinski definition) is 2. The van der Waals surface area contributed by atoms with Gasteiger partial charge in [0.15, 0.2) is 0 Å². The van der Waals surface area contributed by atoms with Gasteiger partial charge in [0.1, 0.15) is 29.2 Å². The van der Waals surface area contributed by atoms with Gasteiger partial charge < -0.3 is 29.3 Å². The second-order valence-corrected chi connectivity index (χ2v) is 19.0. The number of rotatable bonds is 9. The topological polar surface area (TPSA) is 174 Å². The number of benzene rings is 2. The van der Waals surface area contributed by atoms with Crippen molar-refractivity contribution in [2.24, 2.45) is 11.8 Å². The maximum atomic E-state index is 14.9. The molecule has 4 amide bonds. The number of nitrogens with zero attached hydrogens (tertiary/aromatic N) is 3. The van der Waals surface area contributed by atoms with Crippen LogP contribution in [0.25, 0.3) is 22.2 Å². The first-order chi connectivity index (χ1) is 28.5. The van der Waals surface area contributed by atoms with Crippen LogP contribution in [0.3, 0.4) is 0 Å². The van der Waals surface area contributed by atoms with Gasteiger partial charge in [-0.15, -0.1) is 0 Å². The van der Waals surface area contributed by atoms with Crippen molar-refractivity contribution in [1.29, 1.82) is 0 Å². The molecule has 9 rings (SSSR count). The predicted molar refractivity (Wildman–Crippen MR) is 218 cm³/mol. The normalized spacial score (nSPS) is 30.1. The average molecular weight is 826 g/mol. The zero-order valence-corrected chi connectivity index (χ0v) is 34.0. The van der Waals surface area contributed by atoms with Crippen molar-refractivity contribution in [1.82, 2.24) is 24.8 Å². The Morgan fingerprint density at radius 1 is 1.02 bits per heavy atom. The number of hydrogen-bond acceptors (Lipinski definition) is 10. The lowest BCUT2D eigenvalue weighted by Crippen LogP contribution is -2.57. The van der Waals surface area contributed by atoms with Crippen LogP contribution in [0.15, 0.2) is 66.7 Å². The maximum absolute atomic E-state index is 14.9. The van der Waals surface area contributed by atoms with Crippen LogP contribution in [0, 0.1) is 11.8 Å². The number of aromatic nitrogens is 1. The van der Waals surface area contributed by atoms with Gasteiger partial charge in [0.2, 0.25) is 27.7 Å². The number of fused-ring (bicyclic) bond motifs is 5. The zero-order chi connectivity index (χ0) is 40.9. The number of sulfonamides is 1. The van der Waals surface area contributed by atoms with E-state index in [1.807, 2.05) is 71.6 Å². The number of ether oxygens (including phenoxy) is 3. The summed E-state index contributed by atoms with van der Waals surface area (Å²) < 4.78 is 46.2. The molecule has 6 aliphatic rings. The first kappa shape index (κ1) is 39.4. The van der Waals surface area contributed by atoms with Gasteiger partial charge in [-0.1, -0.05) is 55.3 Å². The highest BCUT2D eigenvalue weighted by atomic mass is 32.2. The fourth-order valence-electron chi connectivity index (χ4n) is 9.35. The van der Waals surface area contributed by atoms with E-state index in [9.17, 15) is 27.6 Å². The van der Waals surface area contributed by atoms with Crippen LogP contribution in [0.1, 0.15) is 70.6 Å². The molecule has 3 saturated heterocycles. The van der Waals surface area contributed by atoms with Crippen LogP contribution in [0.2, 0.25) is 0 Å². The van der Waals surface area contributed by atoms with E-state index in [2.05, 4.69) is 10.0 Å². The highest BCUT2D eigenvalue weighted by Crippen LogP contribution is 2.46. The molecule has 2 aromatic carbocycles. The van der Waals surface area contributed by atoms with Crippen molar-refractivity contribution in [3.8, 4) is 22.8 Å². The van der Waals surface area contributed by atoms with Crippen molar-refractivity contribution in [2.75, 3.05) is 26.8 Å². The van der Waals surface area contributed by atoms with Crippen molar-refractivity contribution in [3.63, 3.8) is 0 Å². The Balaban J connectivity index is 1.04. The van der Waals surface area contributed by atoms with Crippen LogP contribution < -0.4 is 19.5 Å². The molecule has 3 aromatic rings. The lowest BCUT2D eigenvalue weighted by molar-refractivity contribution is -0.146. The molecule has 59 heavy (non-hydrogen) atoms. The minimum atomic E-state index is -3.89. The van der Waals surface area contributed by atoms with Gasteiger partial charge in [-0.2, -0.15) is 0 Å². The van der Waals surface area contributed by atoms with Crippen molar-refractivity contribution in [3.05, 3.63) is 66.7 Å². The molecule has 2 N–H and O–H groups in total. The van der Waals surface area contributed by atoms with E-state index in [1.165, 1.54) is 4.90 Å². The third kappa shape index (κ3) is 8.03. The summed E-state index contributed by atoms with van der Waals surface area (Å²) in [7, 11) is -2.30. The predicted octanol–water partition coefficient (Wildman–Crippen LogP) is 4.27. The Labute approximate surface area is 344 Å². The first-order valence-electron chi connectivity index (χ1n) is 21.0. The summed E-state index contributed by atoms with van der Waals surface area (Å²) in [6, 6.07) is 16.0. The Morgan fingerprint density at radius 3 is 2.59 bits per heavy atom. The SMILES string of the molecule is COc1ccc2c(O[C@@H]3C[C@H]4C(=O)N[C@]5(C(=O)NS(=O)(=O)C6CC6)C[C@@H]5/C=C\CCCCC[C@H](CC(=O)N5CC6CC5CO6)C(=O)N4C3)cc(-c3ccccc3)nc2c1. The fraction of sp³-hybridized carbons (Fsp3) is 0.523. The molecular formula is C44H51N5O9S. The molecule has 5 fully saturated rings. The molecule has 0 spiro atoms. The average Bonchev–Trinajstić information content (AvgIpc) is 4.06. The number of pyridine rings is 1. The third-order valence-corrected chi connectivity index (χ3v) is 14.8. The van der Waals surface area contributed by atoms with Gasteiger partial charge in [0, 0.05) is 54.3 Å². The summed E-state index contributed by atoms with van der Waals surface area (Å²) in [5.74, 6) is -1.67. The summed E-state index contributed by atoms with van der Waals surface area (Å²) >= 11 is 0. The number of carbonyl (C=O) groups is 4. The van der Waals surface area contributed by atoms with Gasteiger partial charge >= 0.3 is 0 Å². The van der Waals surface area contributed by atoms with Crippen LogP contribution in [-0.2, 0) is 33.9 Å². The summed E-state index contributed by atoms with van der Waals surface area (Å²) in [6.07, 6.45) is 8.97. The number of nitrogens with one attached hydrogen (secondary N) is 2. The minimum Gasteiger partial charge on any atom is -0.497 e. The van der Waals surface area contributed by atoms with E-state index in [-0.39, 0.29) is 49.8 Å². The van der Waals surface area contributed by atoms with Crippen molar-refractivity contribution < 1.29 is 41.8 Å².